The molecule has 0 aliphatic carbocycles. The molecule has 1 N–H and O–H groups in total. The van der Waals surface area contributed by atoms with Crippen LogP contribution in [0.1, 0.15) is 45.9 Å². The zero-order valence-electron chi connectivity index (χ0n) is 14.5. The Morgan fingerprint density at radius 1 is 1.28 bits per heavy atom. The highest BCUT2D eigenvalue weighted by molar-refractivity contribution is 7.14. The lowest BCUT2D eigenvalue weighted by atomic mass is 10.1. The summed E-state index contributed by atoms with van der Waals surface area (Å²) in [5.74, 6) is 0.728. The molecule has 5 nitrogen and oxygen atoms in total. The molecule has 25 heavy (non-hydrogen) atoms. The van der Waals surface area contributed by atoms with E-state index >= 15 is 0 Å². The Morgan fingerprint density at radius 2 is 2.16 bits per heavy atom. The monoisotopic (exact) mass is 354 g/mol. The molecule has 3 aromatic heterocycles. The molecule has 0 unspecified atom stereocenters. The van der Waals surface area contributed by atoms with Gasteiger partial charge in [0.2, 0.25) is 0 Å². The average Bonchev–Trinajstić information content (AvgIpc) is 3.30. The Kier molecular flexibility index (Phi) is 5.60. The van der Waals surface area contributed by atoms with Crippen molar-refractivity contribution in [3.05, 3.63) is 63.7 Å². The second-order valence-corrected chi connectivity index (χ2v) is 6.95. The van der Waals surface area contributed by atoms with Crippen LogP contribution in [-0.2, 0) is 19.4 Å². The Bertz CT molecular complexity index is 839. The number of hydrogen-bond acceptors (Lipinski definition) is 4. The van der Waals surface area contributed by atoms with Crippen LogP contribution in [0.5, 0.6) is 0 Å². The first kappa shape index (κ1) is 17.4. The van der Waals surface area contributed by atoms with Crippen LogP contribution in [0.25, 0.3) is 5.82 Å². The van der Waals surface area contributed by atoms with Gasteiger partial charge in [-0.3, -0.25) is 4.79 Å². The van der Waals surface area contributed by atoms with Gasteiger partial charge in [-0.05, 0) is 48.2 Å². The predicted octanol–water partition coefficient (Wildman–Crippen LogP) is 3.77. The van der Waals surface area contributed by atoms with E-state index in [9.17, 15) is 4.79 Å². The minimum atomic E-state index is -0.0143. The normalized spacial score (nSPS) is 10.8. The van der Waals surface area contributed by atoms with E-state index in [1.807, 2.05) is 30.5 Å². The third kappa shape index (κ3) is 4.14. The van der Waals surface area contributed by atoms with Crippen molar-refractivity contribution < 1.29 is 4.79 Å². The first-order chi connectivity index (χ1) is 12.2. The van der Waals surface area contributed by atoms with Crippen LogP contribution >= 0.6 is 11.3 Å². The van der Waals surface area contributed by atoms with Crippen LogP contribution < -0.4 is 5.32 Å². The number of carbonyl (C=O) groups is 1. The third-order valence-electron chi connectivity index (χ3n) is 3.98. The smallest absolute Gasteiger partial charge is 0.261 e. The quantitative estimate of drug-likeness (QED) is 0.702. The Hall–Kier alpha value is -2.47. The number of rotatable bonds is 7. The van der Waals surface area contributed by atoms with Crippen molar-refractivity contribution in [2.45, 2.75) is 39.7 Å². The standard InChI is InChI=1S/C19H22N4OS/c1-3-6-16-15(4-2)12-17(25-16)19(24)21-13-14-7-9-20-18(11-14)23-10-5-8-22-23/h5,7-12H,3-4,6,13H2,1-2H3,(H,21,24). The first-order valence-corrected chi connectivity index (χ1v) is 9.37. The number of hydrogen-bond donors (Lipinski definition) is 1. The van der Waals surface area contributed by atoms with Gasteiger partial charge in [0.1, 0.15) is 0 Å². The highest BCUT2D eigenvalue weighted by atomic mass is 32.1. The van der Waals surface area contributed by atoms with Gasteiger partial charge in [-0.25, -0.2) is 9.67 Å². The van der Waals surface area contributed by atoms with E-state index in [0.717, 1.165) is 35.5 Å². The second-order valence-electron chi connectivity index (χ2n) is 5.82. The summed E-state index contributed by atoms with van der Waals surface area (Å²) >= 11 is 1.61. The van der Waals surface area contributed by atoms with E-state index < -0.39 is 0 Å². The van der Waals surface area contributed by atoms with Gasteiger partial charge in [0.25, 0.3) is 5.91 Å². The van der Waals surface area contributed by atoms with Crippen LogP contribution in [0, 0.1) is 0 Å². The van der Waals surface area contributed by atoms with Crippen LogP contribution in [-0.4, -0.2) is 20.7 Å². The van der Waals surface area contributed by atoms with Crippen molar-refractivity contribution in [3.63, 3.8) is 0 Å². The fraction of sp³-hybridized carbons (Fsp3) is 0.316. The molecule has 3 rings (SSSR count). The molecule has 3 aromatic rings. The number of pyridine rings is 1. The molecule has 0 aliphatic rings. The third-order valence-corrected chi connectivity index (χ3v) is 5.22. The maximum absolute atomic E-state index is 12.5. The molecule has 0 fully saturated rings. The largest absolute Gasteiger partial charge is 0.347 e. The van der Waals surface area contributed by atoms with Gasteiger partial charge in [0.05, 0.1) is 4.88 Å². The molecule has 0 aromatic carbocycles. The number of aromatic nitrogens is 3. The number of aryl methyl sites for hydroxylation is 2. The maximum atomic E-state index is 12.5. The second kappa shape index (κ2) is 8.07. The molecule has 6 heteroatoms. The highest BCUT2D eigenvalue weighted by Crippen LogP contribution is 2.24. The topological polar surface area (TPSA) is 59.8 Å². The summed E-state index contributed by atoms with van der Waals surface area (Å²) < 4.78 is 1.70. The predicted molar refractivity (Wildman–Crippen MR) is 100 cm³/mol. The van der Waals surface area contributed by atoms with Gasteiger partial charge >= 0.3 is 0 Å². The maximum Gasteiger partial charge on any atom is 0.261 e. The number of amides is 1. The lowest BCUT2D eigenvalue weighted by Crippen LogP contribution is -2.22. The molecule has 130 valence electrons. The molecule has 0 spiro atoms. The number of nitrogens with one attached hydrogen (secondary N) is 1. The lowest BCUT2D eigenvalue weighted by molar-refractivity contribution is 0.0955. The molecule has 0 saturated carbocycles. The van der Waals surface area contributed by atoms with Gasteiger partial charge in [-0.1, -0.05) is 20.3 Å². The van der Waals surface area contributed by atoms with Gasteiger partial charge < -0.3 is 5.32 Å². The highest BCUT2D eigenvalue weighted by Gasteiger charge is 2.13. The van der Waals surface area contributed by atoms with E-state index in [0.29, 0.717) is 6.54 Å². The summed E-state index contributed by atoms with van der Waals surface area (Å²) in [4.78, 5) is 18.9. The zero-order valence-corrected chi connectivity index (χ0v) is 15.3. The Balaban J connectivity index is 1.67. The van der Waals surface area contributed by atoms with Crippen molar-refractivity contribution >= 4 is 17.2 Å². The number of nitrogens with zero attached hydrogens (tertiary/aromatic N) is 3. The molecular formula is C19H22N4OS. The minimum Gasteiger partial charge on any atom is -0.347 e. The van der Waals surface area contributed by atoms with Crippen molar-refractivity contribution in [1.29, 1.82) is 0 Å². The summed E-state index contributed by atoms with van der Waals surface area (Å²) in [6.45, 7) is 4.77. The summed E-state index contributed by atoms with van der Waals surface area (Å²) in [7, 11) is 0. The molecule has 0 saturated heterocycles. The summed E-state index contributed by atoms with van der Waals surface area (Å²) in [5, 5.41) is 7.19. The Labute approximate surface area is 151 Å². The van der Waals surface area contributed by atoms with E-state index in [-0.39, 0.29) is 5.91 Å². The van der Waals surface area contributed by atoms with E-state index in [4.69, 9.17) is 0 Å². The van der Waals surface area contributed by atoms with E-state index in [1.165, 1.54) is 10.4 Å². The minimum absolute atomic E-state index is 0.0143. The SMILES string of the molecule is CCCc1sc(C(=O)NCc2ccnc(-n3cccn3)c2)cc1CC. The molecule has 3 heterocycles. The van der Waals surface area contributed by atoms with Crippen LogP contribution in [0.3, 0.4) is 0 Å². The van der Waals surface area contributed by atoms with Crippen molar-refractivity contribution in [3.8, 4) is 5.82 Å². The van der Waals surface area contributed by atoms with Gasteiger partial charge in [-0.2, -0.15) is 5.10 Å². The molecule has 1 amide bonds. The van der Waals surface area contributed by atoms with Crippen LogP contribution in [0.2, 0.25) is 0 Å². The van der Waals surface area contributed by atoms with E-state index in [1.54, 1.807) is 28.4 Å². The number of carbonyl (C=O) groups excluding carboxylic acids is 1. The van der Waals surface area contributed by atoms with E-state index in [2.05, 4.69) is 29.2 Å². The zero-order chi connectivity index (χ0) is 17.6. The summed E-state index contributed by atoms with van der Waals surface area (Å²) in [5.41, 5.74) is 2.29. The van der Waals surface area contributed by atoms with Gasteiger partial charge in [0.15, 0.2) is 5.82 Å². The molecule has 0 bridgehead atoms. The molecule has 0 radical (unpaired) electrons. The van der Waals surface area contributed by atoms with Crippen molar-refractivity contribution in [1.82, 2.24) is 20.1 Å². The van der Waals surface area contributed by atoms with Crippen molar-refractivity contribution in [2.75, 3.05) is 0 Å². The van der Waals surface area contributed by atoms with Gasteiger partial charge in [-0.15, -0.1) is 11.3 Å². The summed E-state index contributed by atoms with van der Waals surface area (Å²) in [6.07, 6.45) is 8.40. The van der Waals surface area contributed by atoms with Crippen LogP contribution in [0.4, 0.5) is 0 Å². The molecular weight excluding hydrogens is 332 g/mol. The molecule has 0 atom stereocenters. The van der Waals surface area contributed by atoms with Crippen LogP contribution in [0.15, 0.2) is 42.9 Å². The summed E-state index contributed by atoms with van der Waals surface area (Å²) in [6, 6.07) is 7.72. The molecule has 0 aliphatic heterocycles. The van der Waals surface area contributed by atoms with Gasteiger partial charge in [0, 0.05) is 30.0 Å². The number of thiophene rings is 1. The average molecular weight is 354 g/mol. The lowest BCUT2D eigenvalue weighted by Gasteiger charge is -2.06. The fourth-order valence-electron chi connectivity index (χ4n) is 2.69. The van der Waals surface area contributed by atoms with Crippen molar-refractivity contribution in [2.24, 2.45) is 0 Å². The fourth-order valence-corrected chi connectivity index (χ4v) is 3.96. The first-order valence-electron chi connectivity index (χ1n) is 8.56. The Morgan fingerprint density at radius 3 is 2.88 bits per heavy atom.